The molecule has 1 aliphatic rings. The molecular weight excluding hydrogens is 1110 g/mol. The Hall–Kier alpha value is -6.68. The normalized spacial score (nSPS) is 13.5. The molecule has 0 bridgehead atoms. The van der Waals surface area contributed by atoms with Gasteiger partial charge in [-0.1, -0.05) is 206 Å². The van der Waals surface area contributed by atoms with Crippen LogP contribution in [0.15, 0.2) is 176 Å². The molecular formula is C70H73N4OPt-3. The van der Waals surface area contributed by atoms with Crippen molar-refractivity contribution in [1.29, 1.82) is 0 Å². The van der Waals surface area contributed by atoms with Crippen LogP contribution in [0.25, 0.3) is 38.8 Å². The smallest absolute Gasteiger partial charge is 0.135 e. The topological polar surface area (TPSA) is 33.5 Å². The molecule has 0 amide bonds. The molecule has 76 heavy (non-hydrogen) atoms. The zero-order valence-corrected chi connectivity index (χ0v) is 49.2. The molecule has 5 nitrogen and oxygen atoms in total. The molecule has 7 aromatic carbocycles. The van der Waals surface area contributed by atoms with Crippen LogP contribution in [0.4, 0.5) is 11.4 Å². The minimum Gasteiger partial charge on any atom is -0.509 e. The van der Waals surface area contributed by atoms with Crippen LogP contribution in [0.1, 0.15) is 148 Å². The number of rotatable bonds is 12. The second-order valence-corrected chi connectivity index (χ2v) is 24.3. The van der Waals surface area contributed by atoms with Gasteiger partial charge in [0.2, 0.25) is 0 Å². The maximum Gasteiger partial charge on any atom is 0.135 e. The van der Waals surface area contributed by atoms with Crippen LogP contribution in [0.3, 0.4) is 0 Å². The molecule has 0 N–H and O–H groups in total. The van der Waals surface area contributed by atoms with Crippen molar-refractivity contribution in [2.75, 3.05) is 9.80 Å². The Bertz CT molecular complexity index is 3490. The number of hydrogen-bond donors (Lipinski definition) is 0. The Morgan fingerprint density at radius 1 is 0.526 bits per heavy atom. The van der Waals surface area contributed by atoms with Crippen molar-refractivity contribution in [2.24, 2.45) is 5.41 Å². The number of nitrogens with zero attached hydrogens (tertiary/aromatic N) is 4. The minimum atomic E-state index is -0.275. The van der Waals surface area contributed by atoms with Crippen LogP contribution in [0.5, 0.6) is 11.5 Å². The number of anilines is 2. The summed E-state index contributed by atoms with van der Waals surface area (Å²) >= 11 is 0. The quantitative estimate of drug-likeness (QED) is 0.114. The maximum atomic E-state index is 7.12. The summed E-state index contributed by atoms with van der Waals surface area (Å²) in [5, 5.41) is 2.23. The van der Waals surface area contributed by atoms with Crippen molar-refractivity contribution in [3.63, 3.8) is 0 Å². The summed E-state index contributed by atoms with van der Waals surface area (Å²) in [7, 11) is 0. The van der Waals surface area contributed by atoms with E-state index < -0.39 is 0 Å². The fraction of sp³-hybridized carbons (Fsp3) is 0.286. The third-order valence-electron chi connectivity index (χ3n) is 15.5. The predicted molar refractivity (Wildman–Crippen MR) is 315 cm³/mol. The van der Waals surface area contributed by atoms with E-state index in [4.69, 9.17) is 9.72 Å². The van der Waals surface area contributed by atoms with Crippen LogP contribution in [-0.2, 0) is 37.3 Å². The molecule has 392 valence electrons. The molecule has 10 rings (SSSR count). The fourth-order valence-electron chi connectivity index (χ4n) is 10.9. The zero-order valence-electron chi connectivity index (χ0n) is 46.9. The monoisotopic (exact) mass is 1180 g/mol. The third kappa shape index (κ3) is 10.3. The van der Waals surface area contributed by atoms with Gasteiger partial charge in [-0.25, -0.2) is 4.98 Å². The number of fused-ring (bicyclic) bond motifs is 3. The first-order valence-corrected chi connectivity index (χ1v) is 26.8. The van der Waals surface area contributed by atoms with Crippen molar-refractivity contribution in [2.45, 2.75) is 125 Å². The molecule has 1 aliphatic heterocycles. The van der Waals surface area contributed by atoms with E-state index in [2.05, 4.69) is 288 Å². The third-order valence-corrected chi connectivity index (χ3v) is 15.5. The Morgan fingerprint density at radius 3 is 1.70 bits per heavy atom. The fourth-order valence-corrected chi connectivity index (χ4v) is 10.9. The largest absolute Gasteiger partial charge is 0.509 e. The van der Waals surface area contributed by atoms with Gasteiger partial charge in [-0.2, -0.15) is 6.07 Å². The molecule has 0 saturated carbocycles. The number of pyridine rings is 1. The van der Waals surface area contributed by atoms with Crippen molar-refractivity contribution in [3.8, 4) is 28.4 Å². The summed E-state index contributed by atoms with van der Waals surface area (Å²) in [4.78, 5) is 9.60. The van der Waals surface area contributed by atoms with Gasteiger partial charge < -0.3 is 19.1 Å². The van der Waals surface area contributed by atoms with Gasteiger partial charge in [0.15, 0.2) is 0 Å². The van der Waals surface area contributed by atoms with E-state index in [1.165, 1.54) is 44.5 Å². The van der Waals surface area contributed by atoms with Crippen molar-refractivity contribution in [3.05, 3.63) is 234 Å². The van der Waals surface area contributed by atoms with E-state index in [1.807, 2.05) is 12.3 Å². The predicted octanol–water partition coefficient (Wildman–Crippen LogP) is 18.8. The molecule has 0 saturated heterocycles. The van der Waals surface area contributed by atoms with Crippen LogP contribution >= 0.6 is 0 Å². The SMILES string of the molecule is CC(C)c1cccc(C(C)C)c1-c1cc(Oc2[c-]c3c(cc2)c2ccccc2n3-c2cc(C(C)(C)C)ccn2)[c-]c(N2[CH-]N(c3cc(C(C)(C)c4ccccc4)cc(C(C)(C)c4ccccc4)c3)C=C2C(C)(C)C)c1.[Pt]. The molecule has 0 unspecified atom stereocenters. The van der Waals surface area contributed by atoms with Crippen molar-refractivity contribution < 1.29 is 25.8 Å². The number of para-hydroxylation sites is 1. The Kier molecular flexibility index (Phi) is 14.7. The first-order valence-electron chi connectivity index (χ1n) is 26.8. The molecule has 0 atom stereocenters. The number of allylic oxidation sites excluding steroid dienone is 1. The summed E-state index contributed by atoms with van der Waals surface area (Å²) in [5.41, 5.74) is 15.5. The molecule has 9 aromatic rings. The van der Waals surface area contributed by atoms with Crippen LogP contribution in [0, 0.1) is 24.2 Å². The first-order chi connectivity index (χ1) is 35.6. The number of benzene rings is 7. The number of ether oxygens (including phenoxy) is 1. The van der Waals surface area contributed by atoms with Gasteiger partial charge in [0.05, 0.1) is 0 Å². The molecule has 6 heteroatoms. The summed E-state index contributed by atoms with van der Waals surface area (Å²) < 4.78 is 9.34. The molecule has 2 aromatic heterocycles. The van der Waals surface area contributed by atoms with E-state index >= 15 is 0 Å². The summed E-state index contributed by atoms with van der Waals surface area (Å²) in [6.45, 7) is 34.4. The molecule has 0 radical (unpaired) electrons. The van der Waals surface area contributed by atoms with Crippen LogP contribution < -0.4 is 14.5 Å². The zero-order chi connectivity index (χ0) is 53.2. The van der Waals surface area contributed by atoms with E-state index in [0.29, 0.717) is 23.3 Å². The summed E-state index contributed by atoms with van der Waals surface area (Å²) in [6.07, 6.45) is 4.24. The van der Waals surface area contributed by atoms with Gasteiger partial charge in [-0.3, -0.25) is 0 Å². The second-order valence-electron chi connectivity index (χ2n) is 24.3. The summed E-state index contributed by atoms with van der Waals surface area (Å²) in [5.74, 6) is 2.65. The Morgan fingerprint density at radius 2 is 1.12 bits per heavy atom. The molecule has 0 aliphatic carbocycles. The molecule has 3 heterocycles. The maximum absolute atomic E-state index is 7.12. The van der Waals surface area contributed by atoms with Gasteiger partial charge in [-0.05, 0) is 104 Å². The van der Waals surface area contributed by atoms with Crippen LogP contribution in [0.2, 0.25) is 0 Å². The Labute approximate surface area is 467 Å². The number of hydrogen-bond acceptors (Lipinski definition) is 4. The summed E-state index contributed by atoms with van der Waals surface area (Å²) in [6, 6.07) is 64.9. The number of aromatic nitrogens is 2. The average molecular weight is 1180 g/mol. The van der Waals surface area contributed by atoms with Gasteiger partial charge in [0, 0.05) is 71.9 Å². The second kappa shape index (κ2) is 20.7. The average Bonchev–Trinajstić information content (AvgIpc) is 4.02. The van der Waals surface area contributed by atoms with E-state index in [0.717, 1.165) is 50.3 Å². The van der Waals surface area contributed by atoms with Gasteiger partial charge in [0.25, 0.3) is 0 Å². The molecule has 0 spiro atoms. The standard InChI is InChI=1S/C70H73N4O.Pt/c1-46(2)58-29-23-30-59(47(3)4)66(58)48-36-55(42-57(37-48)75-56-32-33-61-60-28-21-22-31-62(60)74(63(61)43-56)65-41-51(34-35-71-65)67(5,6)7)73-45-72(44-64(73)68(8,9)10)54-39-52(69(11,12)49-24-17-15-18-25-49)38-53(40-54)70(13,14)50-26-19-16-20-27-50;/h15-41,44-47H,1-14H3;/q-3;. The Balaban J connectivity index is 0.00000706. The van der Waals surface area contributed by atoms with Crippen LogP contribution in [-0.4, -0.2) is 9.55 Å². The van der Waals surface area contributed by atoms with Gasteiger partial charge in [-0.15, -0.1) is 53.6 Å². The minimum absolute atomic E-state index is 0. The first kappa shape index (κ1) is 54.1. The van der Waals surface area contributed by atoms with Crippen molar-refractivity contribution >= 4 is 33.2 Å². The van der Waals surface area contributed by atoms with E-state index in [1.54, 1.807) is 0 Å². The van der Waals surface area contributed by atoms with E-state index in [-0.39, 0.29) is 42.7 Å². The molecule has 0 fully saturated rings. The van der Waals surface area contributed by atoms with Gasteiger partial charge >= 0.3 is 0 Å². The van der Waals surface area contributed by atoms with E-state index in [9.17, 15) is 0 Å². The van der Waals surface area contributed by atoms with Gasteiger partial charge in [0.1, 0.15) is 5.82 Å². The van der Waals surface area contributed by atoms with Crippen molar-refractivity contribution in [1.82, 2.24) is 9.55 Å².